The monoisotopic (exact) mass is 289 g/mol. The van der Waals surface area contributed by atoms with E-state index in [4.69, 9.17) is 0 Å². The predicted molar refractivity (Wildman–Crippen MR) is 90.6 cm³/mol. The lowest BCUT2D eigenvalue weighted by Crippen LogP contribution is -2.52. The van der Waals surface area contributed by atoms with E-state index < -0.39 is 0 Å². The highest BCUT2D eigenvalue weighted by atomic mass is 15.3. The number of nitrogens with zero attached hydrogens (tertiary/aromatic N) is 2. The maximum atomic E-state index is 3.61. The molecule has 0 aromatic heterocycles. The van der Waals surface area contributed by atoms with Gasteiger partial charge in [0.1, 0.15) is 0 Å². The Morgan fingerprint density at radius 3 is 2.48 bits per heavy atom. The second kappa shape index (κ2) is 7.92. The van der Waals surface area contributed by atoms with Gasteiger partial charge in [0.05, 0.1) is 0 Å². The van der Waals surface area contributed by atoms with Crippen LogP contribution in [0.3, 0.4) is 0 Å². The van der Waals surface area contributed by atoms with E-state index in [-0.39, 0.29) is 0 Å². The first-order valence-electron chi connectivity index (χ1n) is 8.28. The number of hydrogen-bond acceptors (Lipinski definition) is 3. The molecule has 1 fully saturated rings. The van der Waals surface area contributed by atoms with Gasteiger partial charge in [0.25, 0.3) is 0 Å². The summed E-state index contributed by atoms with van der Waals surface area (Å²) in [5, 5.41) is 3.61. The van der Waals surface area contributed by atoms with E-state index in [1.807, 2.05) is 0 Å². The smallest absolute Gasteiger partial charge is 0.0478 e. The normalized spacial score (nSPS) is 22.6. The molecule has 118 valence electrons. The quantitative estimate of drug-likeness (QED) is 0.868. The molecule has 0 radical (unpaired) electrons. The van der Waals surface area contributed by atoms with E-state index in [0.29, 0.717) is 12.1 Å². The molecule has 1 aliphatic heterocycles. The molecule has 0 saturated carbocycles. The van der Waals surface area contributed by atoms with Crippen molar-refractivity contribution in [3.63, 3.8) is 0 Å². The minimum absolute atomic E-state index is 0.515. The van der Waals surface area contributed by atoms with Crippen LogP contribution in [-0.4, -0.2) is 55.6 Å². The van der Waals surface area contributed by atoms with Gasteiger partial charge in [0.2, 0.25) is 0 Å². The van der Waals surface area contributed by atoms with Crippen LogP contribution in [0.2, 0.25) is 0 Å². The van der Waals surface area contributed by atoms with Crippen molar-refractivity contribution < 1.29 is 0 Å². The van der Waals surface area contributed by atoms with E-state index in [2.05, 4.69) is 73.3 Å². The summed E-state index contributed by atoms with van der Waals surface area (Å²) in [6, 6.07) is 12.0. The lowest BCUT2D eigenvalue weighted by molar-refractivity contribution is 0.0572. The highest BCUT2D eigenvalue weighted by molar-refractivity contribution is 5.20. The summed E-state index contributed by atoms with van der Waals surface area (Å²) in [6.07, 6.45) is 0. The van der Waals surface area contributed by atoms with E-state index in [1.54, 1.807) is 0 Å². The standard InChI is InChI=1S/C18H31N3/c1-15(2)12-19-13-16(3)21-11-10-20(4)14-18(21)17-8-6-5-7-9-17/h5-9,15-16,18-19H,10-14H2,1-4H3. The topological polar surface area (TPSA) is 18.5 Å². The summed E-state index contributed by atoms with van der Waals surface area (Å²) in [6.45, 7) is 12.5. The van der Waals surface area contributed by atoms with Gasteiger partial charge in [-0.1, -0.05) is 44.2 Å². The summed E-state index contributed by atoms with van der Waals surface area (Å²) < 4.78 is 0. The third-order valence-electron chi connectivity index (χ3n) is 4.37. The molecule has 0 spiro atoms. The number of rotatable bonds is 6. The van der Waals surface area contributed by atoms with Gasteiger partial charge in [-0.15, -0.1) is 0 Å². The average Bonchev–Trinajstić information content (AvgIpc) is 2.47. The van der Waals surface area contributed by atoms with E-state index >= 15 is 0 Å². The van der Waals surface area contributed by atoms with Crippen molar-refractivity contribution in [1.82, 2.24) is 15.1 Å². The van der Waals surface area contributed by atoms with Crippen molar-refractivity contribution in [3.8, 4) is 0 Å². The Morgan fingerprint density at radius 1 is 1.10 bits per heavy atom. The molecule has 3 heteroatoms. The number of nitrogens with one attached hydrogen (secondary N) is 1. The predicted octanol–water partition coefficient (Wildman–Crippen LogP) is 2.61. The molecule has 2 atom stereocenters. The molecule has 0 amide bonds. The first-order chi connectivity index (χ1) is 10.1. The molecular formula is C18H31N3. The fourth-order valence-electron chi connectivity index (χ4n) is 3.13. The summed E-state index contributed by atoms with van der Waals surface area (Å²) >= 11 is 0. The van der Waals surface area contributed by atoms with Crippen LogP contribution >= 0.6 is 0 Å². The van der Waals surface area contributed by atoms with E-state index in [0.717, 1.165) is 38.6 Å². The maximum absolute atomic E-state index is 3.61. The minimum atomic E-state index is 0.515. The molecule has 1 heterocycles. The number of hydrogen-bond donors (Lipinski definition) is 1. The molecule has 1 N–H and O–H groups in total. The summed E-state index contributed by atoms with van der Waals surface area (Å²) in [4.78, 5) is 5.12. The van der Waals surface area contributed by atoms with Crippen LogP contribution in [0.25, 0.3) is 0 Å². The van der Waals surface area contributed by atoms with Gasteiger partial charge < -0.3 is 10.2 Å². The third kappa shape index (κ3) is 4.80. The second-order valence-electron chi connectivity index (χ2n) is 6.83. The van der Waals surface area contributed by atoms with E-state index in [9.17, 15) is 0 Å². The zero-order valence-electron chi connectivity index (χ0n) is 14.0. The molecular weight excluding hydrogens is 258 g/mol. The second-order valence-corrected chi connectivity index (χ2v) is 6.83. The Bertz CT molecular complexity index is 404. The summed E-state index contributed by atoms with van der Waals surface area (Å²) in [5.41, 5.74) is 1.44. The molecule has 1 aromatic rings. The molecule has 21 heavy (non-hydrogen) atoms. The van der Waals surface area contributed by atoms with Gasteiger partial charge in [-0.05, 0) is 32.0 Å². The molecule has 1 saturated heterocycles. The Kier molecular flexibility index (Phi) is 6.22. The molecule has 2 unspecified atom stereocenters. The van der Waals surface area contributed by atoms with Crippen LogP contribution in [0.5, 0.6) is 0 Å². The van der Waals surface area contributed by atoms with Gasteiger partial charge in [0, 0.05) is 38.3 Å². The van der Waals surface area contributed by atoms with Crippen molar-refractivity contribution in [3.05, 3.63) is 35.9 Å². The Balaban J connectivity index is 2.01. The van der Waals surface area contributed by atoms with Crippen molar-refractivity contribution in [2.45, 2.75) is 32.9 Å². The lowest BCUT2D eigenvalue weighted by Gasteiger charge is -2.43. The first kappa shape index (κ1) is 16.5. The number of piperazine rings is 1. The molecule has 1 aliphatic rings. The summed E-state index contributed by atoms with van der Waals surface area (Å²) in [7, 11) is 2.23. The van der Waals surface area contributed by atoms with Crippen molar-refractivity contribution in [1.29, 1.82) is 0 Å². The zero-order valence-corrected chi connectivity index (χ0v) is 14.0. The number of benzene rings is 1. The fraction of sp³-hybridized carbons (Fsp3) is 0.667. The van der Waals surface area contributed by atoms with Crippen LogP contribution in [-0.2, 0) is 0 Å². The molecule has 3 nitrogen and oxygen atoms in total. The molecule has 1 aromatic carbocycles. The van der Waals surface area contributed by atoms with Crippen molar-refractivity contribution in [2.75, 3.05) is 39.8 Å². The van der Waals surface area contributed by atoms with Crippen LogP contribution < -0.4 is 5.32 Å². The van der Waals surface area contributed by atoms with Gasteiger partial charge >= 0.3 is 0 Å². The summed E-state index contributed by atoms with van der Waals surface area (Å²) in [5.74, 6) is 0.717. The van der Waals surface area contributed by atoms with Gasteiger partial charge in [-0.2, -0.15) is 0 Å². The largest absolute Gasteiger partial charge is 0.315 e. The van der Waals surface area contributed by atoms with Crippen LogP contribution in [0, 0.1) is 5.92 Å². The SMILES string of the molecule is CC(C)CNCC(C)N1CCN(C)CC1c1ccccc1. The zero-order chi connectivity index (χ0) is 15.2. The van der Waals surface area contributed by atoms with Crippen molar-refractivity contribution in [2.24, 2.45) is 5.92 Å². The molecule has 0 aliphatic carbocycles. The Morgan fingerprint density at radius 2 is 1.81 bits per heavy atom. The lowest BCUT2D eigenvalue weighted by atomic mass is 10.0. The van der Waals surface area contributed by atoms with Gasteiger partial charge in [-0.3, -0.25) is 4.90 Å². The van der Waals surface area contributed by atoms with Crippen LogP contribution in [0.4, 0.5) is 0 Å². The molecule has 0 bridgehead atoms. The number of likely N-dealkylation sites (N-methyl/N-ethyl adjacent to an activating group) is 1. The van der Waals surface area contributed by atoms with Crippen LogP contribution in [0.1, 0.15) is 32.4 Å². The average molecular weight is 289 g/mol. The minimum Gasteiger partial charge on any atom is -0.315 e. The van der Waals surface area contributed by atoms with Crippen LogP contribution in [0.15, 0.2) is 30.3 Å². The Hall–Kier alpha value is -0.900. The van der Waals surface area contributed by atoms with E-state index in [1.165, 1.54) is 5.56 Å². The third-order valence-corrected chi connectivity index (χ3v) is 4.37. The molecule has 2 rings (SSSR count). The van der Waals surface area contributed by atoms with Crippen molar-refractivity contribution >= 4 is 0 Å². The highest BCUT2D eigenvalue weighted by Gasteiger charge is 2.29. The first-order valence-corrected chi connectivity index (χ1v) is 8.28. The van der Waals surface area contributed by atoms with Gasteiger partial charge in [0.15, 0.2) is 0 Å². The fourth-order valence-corrected chi connectivity index (χ4v) is 3.13. The highest BCUT2D eigenvalue weighted by Crippen LogP contribution is 2.26. The Labute approximate surface area is 130 Å². The maximum Gasteiger partial charge on any atom is 0.0478 e. The van der Waals surface area contributed by atoms with Gasteiger partial charge in [-0.25, -0.2) is 0 Å².